The maximum atomic E-state index is 11.3. The van der Waals surface area contributed by atoms with Gasteiger partial charge in [0, 0.05) is 5.92 Å². The van der Waals surface area contributed by atoms with Crippen molar-refractivity contribution in [2.45, 2.75) is 17.6 Å². The van der Waals surface area contributed by atoms with Crippen LogP contribution in [0.3, 0.4) is 0 Å². The van der Waals surface area contributed by atoms with E-state index >= 15 is 0 Å². The normalized spacial score (nSPS) is 15.4. The fourth-order valence-electron chi connectivity index (χ4n) is 1.64. The van der Waals surface area contributed by atoms with Crippen LogP contribution in [0.25, 0.3) is 0 Å². The average Bonchev–Trinajstić information content (AvgIpc) is 2.20. The quantitative estimate of drug-likeness (QED) is 0.324. The molecule has 19 heavy (non-hydrogen) atoms. The number of allylic oxidation sites excluding steroid dienone is 2. The number of hydrogen-bond donors (Lipinski definition) is 3. The van der Waals surface area contributed by atoms with Crippen LogP contribution in [0.5, 0.6) is 0 Å². The van der Waals surface area contributed by atoms with Gasteiger partial charge in [0.15, 0.2) is 0 Å². The van der Waals surface area contributed by atoms with Crippen LogP contribution >= 0.6 is 0 Å². The van der Waals surface area contributed by atoms with Crippen LogP contribution in [0.1, 0.15) is 12.8 Å². The summed E-state index contributed by atoms with van der Waals surface area (Å²) in [5.74, 6) is -4.91. The summed E-state index contributed by atoms with van der Waals surface area (Å²) in [4.78, 5) is 21.9. The predicted octanol–water partition coefficient (Wildman–Crippen LogP) is -0.0979. The number of aliphatic carboxylic acids is 2. The molecule has 0 aliphatic carbocycles. The SMILES string of the molecule is C=CCC(C=C)C(CC(=O)O)(C(=O)O)S(=O)(=O)O.[NaH]. The summed E-state index contributed by atoms with van der Waals surface area (Å²) >= 11 is 0. The van der Waals surface area contributed by atoms with Crippen LogP contribution in [0.15, 0.2) is 25.3 Å². The fraction of sp³-hybridized carbons (Fsp3) is 0.400. The molecule has 0 fully saturated rings. The molecule has 2 unspecified atom stereocenters. The van der Waals surface area contributed by atoms with Crippen molar-refractivity contribution >= 4 is 51.6 Å². The van der Waals surface area contributed by atoms with E-state index in [0.717, 1.165) is 6.08 Å². The van der Waals surface area contributed by atoms with Gasteiger partial charge in [0.25, 0.3) is 10.1 Å². The summed E-state index contributed by atoms with van der Waals surface area (Å²) in [5, 5.41) is 17.7. The molecule has 0 aliphatic heterocycles. The Morgan fingerprint density at radius 1 is 1.26 bits per heavy atom. The Bertz CT molecular complexity index is 470. The second-order valence-corrected chi connectivity index (χ2v) is 5.29. The minimum absolute atomic E-state index is 0. The summed E-state index contributed by atoms with van der Waals surface area (Å²) in [6.45, 7) is 6.59. The summed E-state index contributed by atoms with van der Waals surface area (Å²) in [7, 11) is -5.15. The van der Waals surface area contributed by atoms with E-state index in [9.17, 15) is 18.0 Å². The van der Waals surface area contributed by atoms with Gasteiger partial charge in [0.2, 0.25) is 4.75 Å². The Balaban J connectivity index is 0. The molecule has 0 amide bonds. The average molecular weight is 302 g/mol. The van der Waals surface area contributed by atoms with Gasteiger partial charge < -0.3 is 10.2 Å². The maximum absolute atomic E-state index is 11.3. The fourth-order valence-corrected chi connectivity index (χ4v) is 2.74. The van der Waals surface area contributed by atoms with Gasteiger partial charge in [-0.1, -0.05) is 12.2 Å². The number of rotatable bonds is 8. The molecule has 7 nitrogen and oxygen atoms in total. The van der Waals surface area contributed by atoms with Crippen LogP contribution in [-0.4, -0.2) is 69.4 Å². The van der Waals surface area contributed by atoms with Gasteiger partial charge in [-0.3, -0.25) is 14.1 Å². The van der Waals surface area contributed by atoms with Crippen molar-refractivity contribution in [1.82, 2.24) is 0 Å². The summed E-state index contributed by atoms with van der Waals surface area (Å²) < 4.78 is 28.9. The number of hydrogen-bond acceptors (Lipinski definition) is 4. The van der Waals surface area contributed by atoms with Crippen molar-refractivity contribution < 1.29 is 32.8 Å². The van der Waals surface area contributed by atoms with Crippen LogP contribution < -0.4 is 0 Å². The first-order valence-corrected chi connectivity index (χ1v) is 6.23. The predicted molar refractivity (Wildman–Crippen MR) is 69.8 cm³/mol. The number of carboxylic acids is 2. The van der Waals surface area contributed by atoms with Crippen LogP contribution in [-0.2, 0) is 19.7 Å². The molecule has 0 aliphatic rings. The molecule has 3 N–H and O–H groups in total. The topological polar surface area (TPSA) is 129 Å². The van der Waals surface area contributed by atoms with E-state index in [-0.39, 0.29) is 36.0 Å². The van der Waals surface area contributed by atoms with Crippen molar-refractivity contribution in [3.63, 3.8) is 0 Å². The van der Waals surface area contributed by atoms with Crippen molar-refractivity contribution in [2.75, 3.05) is 0 Å². The van der Waals surface area contributed by atoms with E-state index in [4.69, 9.17) is 14.8 Å². The molecule has 9 heteroatoms. The Kier molecular flexibility index (Phi) is 8.48. The van der Waals surface area contributed by atoms with Gasteiger partial charge in [0.1, 0.15) is 0 Å². The molecule has 0 aromatic rings. The van der Waals surface area contributed by atoms with E-state index in [2.05, 4.69) is 13.2 Å². The monoisotopic (exact) mass is 302 g/mol. The van der Waals surface area contributed by atoms with Crippen LogP contribution in [0, 0.1) is 5.92 Å². The second kappa shape index (κ2) is 7.81. The summed E-state index contributed by atoms with van der Waals surface area (Å²) in [6.07, 6.45) is 0.776. The third-order valence-corrected chi connectivity index (χ3v) is 4.08. The van der Waals surface area contributed by atoms with E-state index in [1.54, 1.807) is 0 Å². The van der Waals surface area contributed by atoms with Crippen molar-refractivity contribution in [3.05, 3.63) is 25.3 Å². The molecule has 0 spiro atoms. The van der Waals surface area contributed by atoms with Gasteiger partial charge in [-0.05, 0) is 6.42 Å². The van der Waals surface area contributed by atoms with Gasteiger partial charge in [-0.2, -0.15) is 8.42 Å². The first kappa shape index (κ1) is 20.6. The zero-order valence-electron chi connectivity index (χ0n) is 9.44. The minimum atomic E-state index is -5.15. The van der Waals surface area contributed by atoms with E-state index in [0.29, 0.717) is 0 Å². The van der Waals surface area contributed by atoms with Gasteiger partial charge in [0.05, 0.1) is 6.42 Å². The number of carbonyl (C=O) groups is 2. The summed E-state index contributed by atoms with van der Waals surface area (Å²) in [6, 6.07) is 0. The molecule has 0 rings (SSSR count). The van der Waals surface area contributed by atoms with Gasteiger partial charge >= 0.3 is 41.5 Å². The molecule has 0 radical (unpaired) electrons. The van der Waals surface area contributed by atoms with E-state index in [1.807, 2.05) is 0 Å². The van der Waals surface area contributed by atoms with Crippen molar-refractivity contribution in [3.8, 4) is 0 Å². The van der Waals surface area contributed by atoms with E-state index < -0.39 is 39.1 Å². The van der Waals surface area contributed by atoms with Crippen LogP contribution in [0.2, 0.25) is 0 Å². The standard InChI is InChI=1S/C10H14O7S.Na.H/c1-3-5-7(4-2)10(9(13)14,6-8(11)12)18(15,16)17;;/h3-4,7H,1-2,5-6H2,(H,11,12)(H,13,14)(H,15,16,17);;. The first-order chi connectivity index (χ1) is 8.13. The molecule has 0 saturated carbocycles. The number of carboxylic acid groups (broad SMARTS) is 2. The molecule has 0 aromatic carbocycles. The third kappa shape index (κ3) is 4.43. The van der Waals surface area contributed by atoms with Crippen molar-refractivity contribution in [2.24, 2.45) is 5.92 Å². The van der Waals surface area contributed by atoms with Gasteiger partial charge in [-0.15, -0.1) is 13.2 Å². The Hall–Kier alpha value is -0.670. The molecule has 0 aromatic heterocycles. The van der Waals surface area contributed by atoms with Gasteiger partial charge in [-0.25, -0.2) is 0 Å². The van der Waals surface area contributed by atoms with E-state index in [1.165, 1.54) is 6.08 Å². The molecule has 0 bridgehead atoms. The second-order valence-electron chi connectivity index (χ2n) is 3.61. The molecule has 0 saturated heterocycles. The Morgan fingerprint density at radius 3 is 1.95 bits per heavy atom. The first-order valence-electron chi connectivity index (χ1n) is 4.79. The molecular formula is C10H15NaO7S. The molecular weight excluding hydrogens is 287 g/mol. The molecule has 0 heterocycles. The molecule has 2 atom stereocenters. The zero-order valence-corrected chi connectivity index (χ0v) is 10.3. The zero-order chi connectivity index (χ0) is 14.6. The Morgan fingerprint density at radius 2 is 1.74 bits per heavy atom. The summed E-state index contributed by atoms with van der Waals surface area (Å²) in [5.41, 5.74) is 0. The third-order valence-electron chi connectivity index (χ3n) is 2.54. The van der Waals surface area contributed by atoms with Crippen molar-refractivity contribution in [1.29, 1.82) is 0 Å². The van der Waals surface area contributed by atoms with Crippen LogP contribution in [0.4, 0.5) is 0 Å². The molecule has 104 valence electrons. The Labute approximate surface area is 133 Å².